The molecule has 2 aromatic rings. The molecule has 0 unspecified atom stereocenters. The summed E-state index contributed by atoms with van der Waals surface area (Å²) in [6, 6.07) is 15.0. The van der Waals surface area contributed by atoms with Gasteiger partial charge in [-0.3, -0.25) is 0 Å². The van der Waals surface area contributed by atoms with Gasteiger partial charge < -0.3 is 4.74 Å². The van der Waals surface area contributed by atoms with Gasteiger partial charge in [-0.2, -0.15) is 5.26 Å². The summed E-state index contributed by atoms with van der Waals surface area (Å²) in [6.07, 6.45) is 0. The summed E-state index contributed by atoms with van der Waals surface area (Å²) in [5, 5.41) is 8.70. The van der Waals surface area contributed by atoms with Gasteiger partial charge in [0.15, 0.2) is 0 Å². The number of benzene rings is 2. The van der Waals surface area contributed by atoms with Gasteiger partial charge in [-0.25, -0.2) is 0 Å². The highest BCUT2D eigenvalue weighted by Crippen LogP contribution is 2.28. The Morgan fingerprint density at radius 1 is 1.12 bits per heavy atom. The molecule has 3 heteroatoms. The predicted octanol–water partition coefficient (Wildman–Crippen LogP) is 4.42. The summed E-state index contributed by atoms with van der Waals surface area (Å²) in [4.78, 5) is 0. The first-order valence-corrected chi connectivity index (χ1v) is 5.92. The smallest absolute Gasteiger partial charge is 0.131 e. The minimum absolute atomic E-state index is 0.628. The Hall–Kier alpha value is -1.79. The van der Waals surface area contributed by atoms with Gasteiger partial charge in [-0.1, -0.05) is 22.0 Å². The van der Waals surface area contributed by atoms with Crippen LogP contribution in [0.15, 0.2) is 46.9 Å². The van der Waals surface area contributed by atoms with Crippen molar-refractivity contribution in [1.82, 2.24) is 0 Å². The highest BCUT2D eigenvalue weighted by atomic mass is 79.9. The zero-order valence-electron chi connectivity index (χ0n) is 9.27. The molecule has 0 atom stereocenters. The molecular formula is C14H10BrNO. The summed E-state index contributed by atoms with van der Waals surface area (Å²) in [5.74, 6) is 1.54. The maximum Gasteiger partial charge on any atom is 0.131 e. The SMILES string of the molecule is Cc1ccc(Br)cc1Oc1ccc(C#N)cc1. The van der Waals surface area contributed by atoms with Crippen LogP contribution in [0.5, 0.6) is 11.5 Å². The van der Waals surface area contributed by atoms with E-state index >= 15 is 0 Å². The van der Waals surface area contributed by atoms with E-state index in [0.717, 1.165) is 21.5 Å². The molecule has 0 aliphatic rings. The van der Waals surface area contributed by atoms with E-state index in [1.165, 1.54) is 0 Å². The Bertz CT molecular complexity index is 570. The summed E-state index contributed by atoms with van der Waals surface area (Å²) < 4.78 is 6.73. The summed E-state index contributed by atoms with van der Waals surface area (Å²) in [5.41, 5.74) is 1.70. The first kappa shape index (κ1) is 11.7. The molecule has 0 aliphatic heterocycles. The lowest BCUT2D eigenvalue weighted by Gasteiger charge is -2.08. The maximum absolute atomic E-state index is 8.70. The molecule has 0 aromatic heterocycles. The number of halogens is 1. The van der Waals surface area contributed by atoms with Crippen LogP contribution in [0.2, 0.25) is 0 Å². The standard InChI is InChI=1S/C14H10BrNO/c1-10-2-5-12(15)8-14(10)17-13-6-3-11(9-16)4-7-13/h2-8H,1H3. The van der Waals surface area contributed by atoms with Crippen molar-refractivity contribution in [1.29, 1.82) is 5.26 Å². The van der Waals surface area contributed by atoms with Gasteiger partial charge in [0.1, 0.15) is 11.5 Å². The summed E-state index contributed by atoms with van der Waals surface area (Å²) in [7, 11) is 0. The number of aryl methyl sites for hydroxylation is 1. The Morgan fingerprint density at radius 3 is 2.47 bits per heavy atom. The van der Waals surface area contributed by atoms with Crippen LogP contribution < -0.4 is 4.74 Å². The molecule has 0 heterocycles. The number of nitriles is 1. The third-order valence-corrected chi connectivity index (χ3v) is 2.85. The van der Waals surface area contributed by atoms with Crippen molar-refractivity contribution in [2.24, 2.45) is 0 Å². The van der Waals surface area contributed by atoms with Crippen LogP contribution in [0.1, 0.15) is 11.1 Å². The molecule has 0 spiro atoms. The lowest BCUT2D eigenvalue weighted by molar-refractivity contribution is 0.478. The zero-order chi connectivity index (χ0) is 12.3. The Kier molecular flexibility index (Phi) is 3.46. The van der Waals surface area contributed by atoms with Crippen LogP contribution in [0.25, 0.3) is 0 Å². The van der Waals surface area contributed by atoms with E-state index in [-0.39, 0.29) is 0 Å². The Labute approximate surface area is 109 Å². The molecule has 2 rings (SSSR count). The van der Waals surface area contributed by atoms with Gasteiger partial charge in [0.2, 0.25) is 0 Å². The third-order valence-electron chi connectivity index (χ3n) is 2.36. The molecule has 17 heavy (non-hydrogen) atoms. The van der Waals surface area contributed by atoms with Gasteiger partial charge in [0.05, 0.1) is 11.6 Å². The zero-order valence-corrected chi connectivity index (χ0v) is 10.9. The lowest BCUT2D eigenvalue weighted by Crippen LogP contribution is -1.87. The molecule has 0 saturated carbocycles. The van der Waals surface area contributed by atoms with Gasteiger partial charge in [-0.15, -0.1) is 0 Å². The first-order chi connectivity index (χ1) is 8.19. The van der Waals surface area contributed by atoms with Crippen molar-refractivity contribution in [3.63, 3.8) is 0 Å². The van der Waals surface area contributed by atoms with Gasteiger partial charge in [0.25, 0.3) is 0 Å². The normalized spacial score (nSPS) is 9.71. The molecule has 84 valence electrons. The highest BCUT2D eigenvalue weighted by Gasteiger charge is 2.02. The largest absolute Gasteiger partial charge is 0.457 e. The quantitative estimate of drug-likeness (QED) is 0.819. The van der Waals surface area contributed by atoms with Crippen molar-refractivity contribution in [2.75, 3.05) is 0 Å². The maximum atomic E-state index is 8.70. The molecule has 0 amide bonds. The average Bonchev–Trinajstić information content (AvgIpc) is 2.35. The Morgan fingerprint density at radius 2 is 1.82 bits per heavy atom. The average molecular weight is 288 g/mol. The van der Waals surface area contributed by atoms with Crippen molar-refractivity contribution in [3.8, 4) is 17.6 Å². The second kappa shape index (κ2) is 5.03. The molecule has 0 saturated heterocycles. The lowest BCUT2D eigenvalue weighted by atomic mass is 10.2. The molecule has 0 N–H and O–H groups in total. The number of hydrogen-bond donors (Lipinski definition) is 0. The number of rotatable bonds is 2. The molecule has 2 nitrogen and oxygen atoms in total. The monoisotopic (exact) mass is 287 g/mol. The third kappa shape index (κ3) is 2.86. The first-order valence-electron chi connectivity index (χ1n) is 5.13. The van der Waals surface area contributed by atoms with E-state index in [9.17, 15) is 0 Å². The van der Waals surface area contributed by atoms with Crippen molar-refractivity contribution >= 4 is 15.9 Å². The fourth-order valence-corrected chi connectivity index (χ4v) is 1.75. The van der Waals surface area contributed by atoms with Crippen LogP contribution >= 0.6 is 15.9 Å². The fourth-order valence-electron chi connectivity index (χ4n) is 1.41. The van der Waals surface area contributed by atoms with Crippen molar-refractivity contribution < 1.29 is 4.74 Å². The van der Waals surface area contributed by atoms with Crippen molar-refractivity contribution in [3.05, 3.63) is 58.1 Å². The van der Waals surface area contributed by atoms with E-state index in [0.29, 0.717) is 5.56 Å². The van der Waals surface area contributed by atoms with E-state index in [2.05, 4.69) is 22.0 Å². The second-order valence-electron chi connectivity index (χ2n) is 3.65. The highest BCUT2D eigenvalue weighted by molar-refractivity contribution is 9.10. The van der Waals surface area contributed by atoms with E-state index in [1.54, 1.807) is 24.3 Å². The van der Waals surface area contributed by atoms with Crippen LogP contribution in [-0.2, 0) is 0 Å². The predicted molar refractivity (Wildman–Crippen MR) is 70.1 cm³/mol. The van der Waals surface area contributed by atoms with E-state index in [1.807, 2.05) is 25.1 Å². The molecule has 0 radical (unpaired) electrons. The van der Waals surface area contributed by atoms with Gasteiger partial charge >= 0.3 is 0 Å². The van der Waals surface area contributed by atoms with Crippen LogP contribution in [0.3, 0.4) is 0 Å². The van der Waals surface area contributed by atoms with Gasteiger partial charge in [-0.05, 0) is 48.9 Å². The molecule has 0 aliphatic carbocycles. The molecular weight excluding hydrogens is 278 g/mol. The van der Waals surface area contributed by atoms with Crippen molar-refractivity contribution in [2.45, 2.75) is 6.92 Å². The van der Waals surface area contributed by atoms with Crippen LogP contribution in [-0.4, -0.2) is 0 Å². The minimum atomic E-state index is 0.628. The van der Waals surface area contributed by atoms with Crippen LogP contribution in [0, 0.1) is 18.3 Å². The van der Waals surface area contributed by atoms with E-state index in [4.69, 9.17) is 10.00 Å². The summed E-state index contributed by atoms with van der Waals surface area (Å²) in [6.45, 7) is 1.99. The minimum Gasteiger partial charge on any atom is -0.457 e. The second-order valence-corrected chi connectivity index (χ2v) is 4.56. The molecule has 0 fully saturated rings. The number of hydrogen-bond acceptors (Lipinski definition) is 2. The van der Waals surface area contributed by atoms with E-state index < -0.39 is 0 Å². The number of nitrogens with zero attached hydrogens (tertiary/aromatic N) is 1. The Balaban J connectivity index is 2.25. The number of ether oxygens (including phenoxy) is 1. The topological polar surface area (TPSA) is 33.0 Å². The summed E-state index contributed by atoms with van der Waals surface area (Å²) >= 11 is 3.41. The van der Waals surface area contributed by atoms with Crippen LogP contribution in [0.4, 0.5) is 0 Å². The fraction of sp³-hybridized carbons (Fsp3) is 0.0714. The van der Waals surface area contributed by atoms with Gasteiger partial charge in [0, 0.05) is 4.47 Å². The molecule has 0 bridgehead atoms. The molecule has 2 aromatic carbocycles.